The Labute approximate surface area is 122 Å². The van der Waals surface area contributed by atoms with Gasteiger partial charge in [-0.2, -0.15) is 0 Å². The molecule has 0 radical (unpaired) electrons. The molecule has 100 valence electrons. The number of sulfonamides is 1. The fraction of sp³-hybridized carbons (Fsp3) is 0. The maximum atomic E-state index is 12.0. The first-order chi connectivity index (χ1) is 8.90. The van der Waals surface area contributed by atoms with E-state index in [-0.39, 0.29) is 15.5 Å². The second-order valence-corrected chi connectivity index (χ2v) is 7.31. The quantitative estimate of drug-likeness (QED) is 0.876. The van der Waals surface area contributed by atoms with Crippen molar-refractivity contribution >= 4 is 48.9 Å². The molecule has 2 N–H and O–H groups in total. The molecule has 0 bridgehead atoms. The highest BCUT2D eigenvalue weighted by atomic mass is 79.9. The summed E-state index contributed by atoms with van der Waals surface area (Å²) in [7, 11) is -3.75. The largest absolute Gasteiger partial charge is 0.478 e. The number of hydrogen-bond donors (Lipinski definition) is 2. The van der Waals surface area contributed by atoms with Gasteiger partial charge in [-0.1, -0.05) is 22.0 Å². The molecule has 0 aliphatic rings. The van der Waals surface area contributed by atoms with Gasteiger partial charge in [-0.05, 0) is 29.6 Å². The van der Waals surface area contributed by atoms with Gasteiger partial charge in [0.05, 0.1) is 11.3 Å². The van der Waals surface area contributed by atoms with Crippen molar-refractivity contribution in [2.24, 2.45) is 0 Å². The Bertz CT molecular complexity index is 710. The number of rotatable bonds is 4. The number of anilines is 1. The molecule has 0 aliphatic carbocycles. The minimum absolute atomic E-state index is 0.0316. The Morgan fingerprint density at radius 3 is 2.63 bits per heavy atom. The Morgan fingerprint density at radius 1 is 1.32 bits per heavy atom. The van der Waals surface area contributed by atoms with Gasteiger partial charge in [0.25, 0.3) is 10.0 Å². The molecule has 1 aromatic carbocycles. The van der Waals surface area contributed by atoms with Gasteiger partial charge in [0.1, 0.15) is 4.21 Å². The lowest BCUT2D eigenvalue weighted by Gasteiger charge is -2.09. The second kappa shape index (κ2) is 5.32. The van der Waals surface area contributed by atoms with Gasteiger partial charge in [0, 0.05) is 4.47 Å². The Morgan fingerprint density at radius 2 is 2.05 bits per heavy atom. The molecule has 0 spiro atoms. The summed E-state index contributed by atoms with van der Waals surface area (Å²) in [4.78, 5) is 11.1. The average molecular weight is 362 g/mol. The number of thiophene rings is 1. The molecule has 2 aromatic rings. The van der Waals surface area contributed by atoms with Gasteiger partial charge in [0.2, 0.25) is 0 Å². The molecule has 0 amide bonds. The van der Waals surface area contributed by atoms with E-state index >= 15 is 0 Å². The van der Waals surface area contributed by atoms with Gasteiger partial charge < -0.3 is 5.11 Å². The SMILES string of the molecule is O=C(O)c1cc(Br)ccc1NS(=O)(=O)c1cccs1. The summed E-state index contributed by atoms with van der Waals surface area (Å²) in [6, 6.07) is 7.37. The molecule has 0 saturated carbocycles. The lowest BCUT2D eigenvalue weighted by Crippen LogP contribution is -2.14. The number of carbonyl (C=O) groups is 1. The highest BCUT2D eigenvalue weighted by molar-refractivity contribution is 9.10. The highest BCUT2D eigenvalue weighted by Crippen LogP contribution is 2.25. The second-order valence-electron chi connectivity index (χ2n) is 3.53. The van der Waals surface area contributed by atoms with E-state index in [1.807, 2.05) is 0 Å². The van der Waals surface area contributed by atoms with E-state index < -0.39 is 16.0 Å². The number of aromatic carboxylic acids is 1. The topological polar surface area (TPSA) is 83.5 Å². The summed E-state index contributed by atoms with van der Waals surface area (Å²) in [5.74, 6) is -1.20. The van der Waals surface area contributed by atoms with Crippen LogP contribution in [0.3, 0.4) is 0 Å². The van der Waals surface area contributed by atoms with Gasteiger partial charge in [-0.3, -0.25) is 4.72 Å². The van der Waals surface area contributed by atoms with Crippen molar-refractivity contribution in [1.82, 2.24) is 0 Å². The zero-order valence-corrected chi connectivity index (χ0v) is 12.5. The van der Waals surface area contributed by atoms with Crippen LogP contribution in [-0.2, 0) is 10.0 Å². The molecule has 2 rings (SSSR count). The Hall–Kier alpha value is -1.38. The maximum Gasteiger partial charge on any atom is 0.337 e. The predicted molar refractivity (Wildman–Crippen MR) is 76.2 cm³/mol. The summed E-state index contributed by atoms with van der Waals surface area (Å²) in [5, 5.41) is 10.7. The first-order valence-electron chi connectivity index (χ1n) is 4.99. The van der Waals surface area contributed by atoms with Crippen LogP contribution < -0.4 is 4.72 Å². The fourth-order valence-corrected chi connectivity index (χ4v) is 3.83. The lowest BCUT2D eigenvalue weighted by molar-refractivity contribution is 0.0698. The molecular formula is C11H8BrNO4S2. The minimum atomic E-state index is -3.75. The Balaban J connectivity index is 2.42. The number of halogens is 1. The zero-order valence-electron chi connectivity index (χ0n) is 9.33. The third-order valence-electron chi connectivity index (χ3n) is 2.22. The van der Waals surface area contributed by atoms with E-state index in [1.54, 1.807) is 17.5 Å². The lowest BCUT2D eigenvalue weighted by atomic mass is 10.2. The van der Waals surface area contributed by atoms with Crippen LogP contribution in [0, 0.1) is 0 Å². The monoisotopic (exact) mass is 361 g/mol. The van der Waals surface area contributed by atoms with Crippen molar-refractivity contribution in [3.05, 3.63) is 45.7 Å². The van der Waals surface area contributed by atoms with Gasteiger partial charge >= 0.3 is 5.97 Å². The number of nitrogens with one attached hydrogen (secondary N) is 1. The van der Waals surface area contributed by atoms with E-state index in [2.05, 4.69) is 20.7 Å². The third kappa shape index (κ3) is 3.14. The van der Waals surface area contributed by atoms with Crippen LogP contribution in [0.2, 0.25) is 0 Å². The maximum absolute atomic E-state index is 12.0. The number of carboxylic acid groups (broad SMARTS) is 1. The molecule has 5 nitrogen and oxygen atoms in total. The average Bonchev–Trinajstić information content (AvgIpc) is 2.85. The van der Waals surface area contributed by atoms with E-state index in [0.29, 0.717) is 4.47 Å². The molecule has 1 aromatic heterocycles. The molecular weight excluding hydrogens is 354 g/mol. The molecule has 0 saturated heterocycles. The summed E-state index contributed by atoms with van der Waals surface area (Å²) in [6.07, 6.45) is 0. The van der Waals surface area contributed by atoms with Crippen molar-refractivity contribution < 1.29 is 18.3 Å². The standard InChI is InChI=1S/C11H8BrNO4S2/c12-7-3-4-9(8(6-7)11(14)15)13-19(16,17)10-2-1-5-18-10/h1-6,13H,(H,14,15). The molecule has 8 heteroatoms. The van der Waals surface area contributed by atoms with Crippen molar-refractivity contribution in [2.75, 3.05) is 4.72 Å². The molecule has 0 fully saturated rings. The van der Waals surface area contributed by atoms with Crippen molar-refractivity contribution in [1.29, 1.82) is 0 Å². The van der Waals surface area contributed by atoms with Gasteiger partial charge in [0.15, 0.2) is 0 Å². The van der Waals surface area contributed by atoms with Crippen LogP contribution in [0.5, 0.6) is 0 Å². The predicted octanol–water partition coefficient (Wildman–Crippen LogP) is 3.01. The summed E-state index contributed by atoms with van der Waals surface area (Å²) < 4.78 is 27.0. The van der Waals surface area contributed by atoms with Crippen LogP contribution in [-0.4, -0.2) is 19.5 Å². The number of hydrogen-bond acceptors (Lipinski definition) is 4. The van der Waals surface area contributed by atoms with E-state index in [9.17, 15) is 13.2 Å². The number of carboxylic acids is 1. The van der Waals surface area contributed by atoms with Crippen LogP contribution >= 0.6 is 27.3 Å². The number of benzene rings is 1. The molecule has 1 heterocycles. The van der Waals surface area contributed by atoms with Crippen LogP contribution in [0.4, 0.5) is 5.69 Å². The van der Waals surface area contributed by atoms with Gasteiger partial charge in [-0.25, -0.2) is 13.2 Å². The zero-order chi connectivity index (χ0) is 14.0. The van der Waals surface area contributed by atoms with Crippen LogP contribution in [0.1, 0.15) is 10.4 Å². The Kier molecular flexibility index (Phi) is 3.93. The highest BCUT2D eigenvalue weighted by Gasteiger charge is 2.19. The van der Waals surface area contributed by atoms with E-state index in [0.717, 1.165) is 11.3 Å². The van der Waals surface area contributed by atoms with Crippen molar-refractivity contribution in [2.45, 2.75) is 4.21 Å². The van der Waals surface area contributed by atoms with Gasteiger partial charge in [-0.15, -0.1) is 11.3 Å². The summed E-state index contributed by atoms with van der Waals surface area (Å²) in [5.41, 5.74) is -0.0846. The van der Waals surface area contributed by atoms with Crippen molar-refractivity contribution in [3.8, 4) is 0 Å². The fourth-order valence-electron chi connectivity index (χ4n) is 1.39. The molecule has 19 heavy (non-hydrogen) atoms. The summed E-state index contributed by atoms with van der Waals surface area (Å²) in [6.45, 7) is 0. The smallest absolute Gasteiger partial charge is 0.337 e. The molecule has 0 unspecified atom stereocenters. The van der Waals surface area contributed by atoms with E-state index in [4.69, 9.17) is 5.11 Å². The summed E-state index contributed by atoms with van der Waals surface area (Å²) >= 11 is 4.20. The first kappa shape index (κ1) is 14.0. The first-order valence-corrected chi connectivity index (χ1v) is 8.15. The van der Waals surface area contributed by atoms with E-state index in [1.165, 1.54) is 18.2 Å². The van der Waals surface area contributed by atoms with Crippen molar-refractivity contribution in [3.63, 3.8) is 0 Å². The van der Waals surface area contributed by atoms with Crippen LogP contribution in [0.15, 0.2) is 44.4 Å². The third-order valence-corrected chi connectivity index (χ3v) is 5.47. The molecule has 0 atom stereocenters. The molecule has 0 aliphatic heterocycles. The minimum Gasteiger partial charge on any atom is -0.478 e. The normalized spacial score (nSPS) is 11.2. The van der Waals surface area contributed by atoms with Crippen LogP contribution in [0.25, 0.3) is 0 Å².